The Labute approximate surface area is 194 Å². The quantitative estimate of drug-likeness (QED) is 0.683. The molecule has 2 bridgehead atoms. The van der Waals surface area contributed by atoms with E-state index in [1.165, 1.54) is 12.8 Å². The average molecular weight is 452 g/mol. The molecule has 0 saturated carbocycles. The average Bonchev–Trinajstić information content (AvgIpc) is 3.48. The van der Waals surface area contributed by atoms with Crippen LogP contribution in [0.4, 0.5) is 5.82 Å². The first-order valence-corrected chi connectivity index (χ1v) is 11.9. The topological polar surface area (TPSA) is 88.6 Å². The number of amidine groups is 1. The van der Waals surface area contributed by atoms with E-state index >= 15 is 0 Å². The number of likely N-dealkylation sites (tertiary alicyclic amines) is 1. The summed E-state index contributed by atoms with van der Waals surface area (Å²) in [6.07, 6.45) is 11.9. The van der Waals surface area contributed by atoms with Crippen LogP contribution in [0.25, 0.3) is 0 Å². The molecule has 4 aliphatic rings. The van der Waals surface area contributed by atoms with Gasteiger partial charge >= 0.3 is 0 Å². The molecule has 3 aliphatic heterocycles. The highest BCUT2D eigenvalue weighted by atomic mass is 16.5. The fraction of sp³-hybridized carbons (Fsp3) is 0.542. The van der Waals surface area contributed by atoms with Crippen molar-refractivity contribution < 1.29 is 9.53 Å². The molecular formula is C24H33N7O2. The van der Waals surface area contributed by atoms with Crippen molar-refractivity contribution in [2.45, 2.75) is 38.3 Å². The van der Waals surface area contributed by atoms with E-state index in [9.17, 15) is 4.79 Å². The Kier molecular flexibility index (Phi) is 6.22. The first-order valence-electron chi connectivity index (χ1n) is 11.9. The third-order valence-corrected chi connectivity index (χ3v) is 6.74. The van der Waals surface area contributed by atoms with Gasteiger partial charge in [-0.25, -0.2) is 4.99 Å². The van der Waals surface area contributed by atoms with Gasteiger partial charge in [0.2, 0.25) is 0 Å². The van der Waals surface area contributed by atoms with Gasteiger partial charge in [-0.05, 0) is 44.5 Å². The normalized spacial score (nSPS) is 26.1. The molecule has 0 radical (unpaired) electrons. The molecule has 0 aromatic carbocycles. The Morgan fingerprint density at radius 3 is 2.82 bits per heavy atom. The van der Waals surface area contributed by atoms with Crippen molar-refractivity contribution in [2.75, 3.05) is 52.2 Å². The summed E-state index contributed by atoms with van der Waals surface area (Å²) in [7, 11) is 3.96. The monoisotopic (exact) mass is 451 g/mol. The van der Waals surface area contributed by atoms with Gasteiger partial charge in [-0.2, -0.15) is 0 Å². The molecule has 5 rings (SSSR count). The molecule has 33 heavy (non-hydrogen) atoms. The fourth-order valence-corrected chi connectivity index (χ4v) is 4.89. The van der Waals surface area contributed by atoms with E-state index in [-0.39, 0.29) is 18.6 Å². The number of hydrogen-bond acceptors (Lipinski definition) is 7. The van der Waals surface area contributed by atoms with Gasteiger partial charge in [0.1, 0.15) is 11.6 Å². The Balaban J connectivity index is 1.49. The number of rotatable bonds is 1. The van der Waals surface area contributed by atoms with Gasteiger partial charge in [-0.15, -0.1) is 0 Å². The summed E-state index contributed by atoms with van der Waals surface area (Å²) >= 11 is 0. The van der Waals surface area contributed by atoms with Crippen molar-refractivity contribution in [3.63, 3.8) is 0 Å². The second-order valence-electron chi connectivity index (χ2n) is 9.25. The van der Waals surface area contributed by atoms with Crippen LogP contribution in [0.15, 0.2) is 39.8 Å². The molecular weight excluding hydrogens is 418 g/mol. The molecule has 1 atom stereocenters. The number of amides is 1. The van der Waals surface area contributed by atoms with E-state index in [1.54, 1.807) is 11.2 Å². The van der Waals surface area contributed by atoms with Crippen molar-refractivity contribution in [3.8, 4) is 0 Å². The minimum Gasteiger partial charge on any atom is -0.486 e. The number of fused-ring (bicyclic) bond motifs is 2. The third-order valence-electron chi connectivity index (χ3n) is 6.74. The van der Waals surface area contributed by atoms with Crippen LogP contribution in [0, 0.1) is 0 Å². The van der Waals surface area contributed by atoms with Crippen molar-refractivity contribution in [2.24, 2.45) is 9.98 Å². The van der Waals surface area contributed by atoms with Gasteiger partial charge in [0, 0.05) is 45.8 Å². The lowest BCUT2D eigenvalue weighted by molar-refractivity contribution is -0.133. The predicted octanol–water partition coefficient (Wildman–Crippen LogP) is 2.16. The minimum absolute atomic E-state index is 0.0101. The Bertz CT molecular complexity index is 1020. The Morgan fingerprint density at radius 1 is 1.12 bits per heavy atom. The number of H-pyrrole nitrogens is 1. The number of aromatic amines is 1. The summed E-state index contributed by atoms with van der Waals surface area (Å²) in [6, 6.07) is -0.0920. The molecule has 1 amide bonds. The van der Waals surface area contributed by atoms with Crippen LogP contribution in [0.1, 0.15) is 36.8 Å². The summed E-state index contributed by atoms with van der Waals surface area (Å²) < 4.78 is 6.16. The molecule has 1 aromatic rings. The predicted molar refractivity (Wildman–Crippen MR) is 129 cm³/mol. The van der Waals surface area contributed by atoms with Crippen molar-refractivity contribution >= 4 is 23.9 Å². The Hall–Kier alpha value is -3.07. The molecule has 2 N–H and O–H groups in total. The van der Waals surface area contributed by atoms with Gasteiger partial charge < -0.3 is 29.7 Å². The van der Waals surface area contributed by atoms with E-state index in [1.807, 2.05) is 13.2 Å². The van der Waals surface area contributed by atoms with Crippen LogP contribution in [0.5, 0.6) is 0 Å². The van der Waals surface area contributed by atoms with Crippen LogP contribution < -0.4 is 5.32 Å². The molecule has 9 heteroatoms. The van der Waals surface area contributed by atoms with Gasteiger partial charge in [0.25, 0.3) is 5.91 Å². The summed E-state index contributed by atoms with van der Waals surface area (Å²) in [5.41, 5.74) is 3.30. The summed E-state index contributed by atoms with van der Waals surface area (Å²) in [5, 5.41) is 3.21. The van der Waals surface area contributed by atoms with Gasteiger partial charge in [-0.1, -0.05) is 6.08 Å². The maximum absolute atomic E-state index is 12.7. The second kappa shape index (κ2) is 9.43. The van der Waals surface area contributed by atoms with Crippen LogP contribution >= 0.6 is 0 Å². The van der Waals surface area contributed by atoms with Crippen molar-refractivity contribution in [1.82, 2.24) is 19.7 Å². The summed E-state index contributed by atoms with van der Waals surface area (Å²) in [6.45, 7) is 4.49. The third kappa shape index (κ3) is 4.68. The second-order valence-corrected chi connectivity index (χ2v) is 9.25. The number of likely N-dealkylation sites (N-methyl/N-ethyl adjacent to an activating group) is 1. The number of nitrogens with one attached hydrogen (secondary N) is 2. The first-order chi connectivity index (χ1) is 16.1. The smallest absolute Gasteiger partial charge is 0.260 e. The highest BCUT2D eigenvalue weighted by Crippen LogP contribution is 2.30. The lowest BCUT2D eigenvalue weighted by Gasteiger charge is -2.28. The molecule has 1 fully saturated rings. The number of aliphatic imine (C=N–C) groups is 2. The molecule has 1 aromatic heterocycles. The number of carbonyl (C=O) groups excluding carboxylic acids is 1. The maximum Gasteiger partial charge on any atom is 0.260 e. The number of hydrogen-bond donors (Lipinski definition) is 2. The van der Waals surface area contributed by atoms with Crippen LogP contribution in [0.3, 0.4) is 0 Å². The zero-order valence-electron chi connectivity index (χ0n) is 19.5. The number of ether oxygens (including phenoxy) is 1. The maximum atomic E-state index is 12.7. The number of allylic oxidation sites excluding steroid dienone is 1. The summed E-state index contributed by atoms with van der Waals surface area (Å²) in [4.78, 5) is 32.1. The van der Waals surface area contributed by atoms with Gasteiger partial charge in [0.05, 0.1) is 23.6 Å². The lowest BCUT2D eigenvalue weighted by Crippen LogP contribution is -2.34. The van der Waals surface area contributed by atoms with Crippen LogP contribution in [-0.4, -0.2) is 90.7 Å². The molecule has 1 saturated heterocycles. The minimum atomic E-state index is -0.0920. The van der Waals surface area contributed by atoms with Gasteiger partial charge in [0.15, 0.2) is 12.4 Å². The number of nitrogens with zero attached hydrogens (tertiary/aromatic N) is 5. The largest absolute Gasteiger partial charge is 0.486 e. The zero-order valence-corrected chi connectivity index (χ0v) is 19.5. The van der Waals surface area contributed by atoms with Crippen LogP contribution in [0.2, 0.25) is 0 Å². The molecule has 1 aliphatic carbocycles. The highest BCUT2D eigenvalue weighted by Gasteiger charge is 2.27. The fourth-order valence-electron chi connectivity index (χ4n) is 4.89. The molecule has 0 spiro atoms. The summed E-state index contributed by atoms with van der Waals surface area (Å²) in [5.74, 6) is 2.53. The highest BCUT2D eigenvalue weighted by molar-refractivity contribution is 6.12. The standard InChI is InChI=1S/C24H33N7O2/c1-29-8-5-9-30(2)21(32)15-33-20-12-18(6-7-19(20)31-10-3-4-11-31)28-24-22-17(14-29)13-25-23(22)26-16-27-24/h6-7,13,16,18H,3-5,8-12,14-15H2,1-2H3,(H2,25,26,27,28). The molecule has 9 nitrogen and oxygen atoms in total. The van der Waals surface area contributed by atoms with Crippen LogP contribution in [-0.2, 0) is 16.1 Å². The number of carbonyl (C=O) groups is 1. The SMILES string of the molecule is CN1CCCN(C)C(=O)COC2=C(N3CCCC3)C=CC(C2)/N=C2\N=CNc3[nH]cc(c32)C1. The van der Waals surface area contributed by atoms with E-state index in [4.69, 9.17) is 9.73 Å². The first kappa shape index (κ1) is 21.8. The van der Waals surface area contributed by atoms with E-state index in [2.05, 4.69) is 44.3 Å². The molecule has 1 unspecified atom stereocenters. The zero-order chi connectivity index (χ0) is 22.8. The van der Waals surface area contributed by atoms with Crippen molar-refractivity contribution in [3.05, 3.63) is 40.9 Å². The van der Waals surface area contributed by atoms with E-state index < -0.39 is 0 Å². The number of aromatic nitrogens is 1. The van der Waals surface area contributed by atoms with Crippen molar-refractivity contribution in [1.29, 1.82) is 0 Å². The number of anilines is 1. The lowest BCUT2D eigenvalue weighted by atomic mass is 10.0. The molecule has 4 heterocycles. The van der Waals surface area contributed by atoms with E-state index in [0.717, 1.165) is 66.8 Å². The van der Waals surface area contributed by atoms with E-state index in [0.29, 0.717) is 13.0 Å². The Morgan fingerprint density at radius 2 is 1.97 bits per heavy atom. The molecule has 176 valence electrons. The van der Waals surface area contributed by atoms with Gasteiger partial charge in [-0.3, -0.25) is 9.79 Å².